The van der Waals surface area contributed by atoms with Gasteiger partial charge in [0, 0.05) is 0 Å². The number of allylic oxidation sites excluding steroid dienone is 1. The molecule has 0 radical (unpaired) electrons. The van der Waals surface area contributed by atoms with Crippen LogP contribution in [0.25, 0.3) is 5.53 Å². The summed E-state index contributed by atoms with van der Waals surface area (Å²) in [6, 6.07) is 0. The third kappa shape index (κ3) is 3.12. The Bertz CT molecular complexity index is 79.5. The molecule has 2 nitrogen and oxygen atoms in total. The molecule has 0 aromatic rings. The molecule has 2 heteroatoms. The van der Waals surface area contributed by atoms with Crippen molar-refractivity contribution in [3.63, 3.8) is 0 Å². The first-order valence-electron chi connectivity index (χ1n) is 1.68. The monoisotopic (exact) mass is 82.1 g/mol. The molecule has 0 aliphatic heterocycles. The Kier molecular flexibility index (Phi) is 3.52. The van der Waals surface area contributed by atoms with Crippen LogP contribution in [0.3, 0.4) is 0 Å². The molecule has 0 aromatic heterocycles. The largest absolute Gasteiger partial charge is 0.362 e. The maximum atomic E-state index is 7.72. The summed E-state index contributed by atoms with van der Waals surface area (Å²) in [4.78, 5) is 2.73. The first-order chi connectivity index (χ1) is 2.91. The van der Waals surface area contributed by atoms with E-state index in [1.165, 1.54) is 6.21 Å². The fourth-order valence-corrected chi connectivity index (χ4v) is 0.122. The van der Waals surface area contributed by atoms with Crippen LogP contribution in [0.2, 0.25) is 0 Å². The van der Waals surface area contributed by atoms with Gasteiger partial charge in [-0.25, -0.2) is 0 Å². The summed E-state index contributed by atoms with van der Waals surface area (Å²) >= 11 is 0. The number of rotatable bonds is 2. The highest BCUT2D eigenvalue weighted by atomic mass is 14.8. The van der Waals surface area contributed by atoms with Gasteiger partial charge in [-0.1, -0.05) is 6.08 Å². The predicted molar refractivity (Wildman–Crippen MR) is 24.5 cm³/mol. The molecule has 0 atom stereocenters. The number of hydrogen-bond donors (Lipinski definition) is 0. The lowest BCUT2D eigenvalue weighted by Gasteiger charge is -1.57. The molecule has 0 aliphatic rings. The summed E-state index contributed by atoms with van der Waals surface area (Å²) in [5.41, 5.74) is 7.72. The summed E-state index contributed by atoms with van der Waals surface area (Å²) in [7, 11) is 0. The van der Waals surface area contributed by atoms with E-state index in [0.29, 0.717) is 6.42 Å². The summed E-state index contributed by atoms with van der Waals surface area (Å²) in [5, 5.41) is 0. The van der Waals surface area contributed by atoms with Gasteiger partial charge in [-0.3, -0.25) is 0 Å². The van der Waals surface area contributed by atoms with Gasteiger partial charge in [-0.05, 0) is 0 Å². The zero-order valence-corrected chi connectivity index (χ0v) is 3.46. The summed E-state index contributed by atoms with van der Waals surface area (Å²) < 4.78 is 0. The van der Waals surface area contributed by atoms with Crippen LogP contribution in [-0.2, 0) is 0 Å². The maximum absolute atomic E-state index is 7.72. The van der Waals surface area contributed by atoms with Crippen LogP contribution in [0.1, 0.15) is 6.42 Å². The predicted octanol–water partition coefficient (Wildman–Crippen LogP) is 0.863. The third-order valence-electron chi connectivity index (χ3n) is 0.354. The van der Waals surface area contributed by atoms with Crippen molar-refractivity contribution in [2.45, 2.75) is 6.42 Å². The standard InChI is InChI=1S/C4H6N2/c1-2-3-4-6-5/h2,4H,1,3H2. The molecule has 0 saturated carbocycles. The van der Waals surface area contributed by atoms with E-state index in [1.54, 1.807) is 6.08 Å². The molecule has 0 bridgehead atoms. The molecular weight excluding hydrogens is 76.1 g/mol. The highest BCUT2D eigenvalue weighted by Gasteiger charge is 1.66. The molecule has 32 valence electrons. The van der Waals surface area contributed by atoms with Crippen molar-refractivity contribution in [3.05, 3.63) is 18.2 Å². The summed E-state index contributed by atoms with van der Waals surface area (Å²) in [6.45, 7) is 3.40. The highest BCUT2D eigenvalue weighted by Crippen LogP contribution is 1.64. The van der Waals surface area contributed by atoms with E-state index in [2.05, 4.69) is 11.4 Å². The van der Waals surface area contributed by atoms with Crippen LogP contribution < -0.4 is 0 Å². The van der Waals surface area contributed by atoms with Crippen molar-refractivity contribution in [2.24, 2.45) is 0 Å². The SMILES string of the molecule is C=CCC=[N+]=[N-]. The minimum absolute atomic E-state index is 0.635. The van der Waals surface area contributed by atoms with Crippen molar-refractivity contribution < 1.29 is 4.79 Å². The van der Waals surface area contributed by atoms with E-state index in [0.717, 1.165) is 0 Å². The molecule has 0 rings (SSSR count). The van der Waals surface area contributed by atoms with E-state index in [9.17, 15) is 0 Å². The molecule has 0 N–H and O–H groups in total. The van der Waals surface area contributed by atoms with Crippen molar-refractivity contribution in [1.29, 1.82) is 0 Å². The van der Waals surface area contributed by atoms with E-state index in [1.807, 2.05) is 0 Å². The molecular formula is C4H6N2. The van der Waals surface area contributed by atoms with Gasteiger partial charge in [0.25, 0.3) is 6.21 Å². The minimum Gasteiger partial charge on any atom is -0.362 e. The fourth-order valence-electron chi connectivity index (χ4n) is 0.122. The topological polar surface area (TPSA) is 36.4 Å². The molecule has 0 aliphatic carbocycles. The number of nitrogens with zero attached hydrogens (tertiary/aromatic N) is 2. The zero-order chi connectivity index (χ0) is 4.83. The molecule has 0 saturated heterocycles. The number of hydrogen-bond acceptors (Lipinski definition) is 0. The van der Waals surface area contributed by atoms with Crippen molar-refractivity contribution in [2.75, 3.05) is 0 Å². The Labute approximate surface area is 36.7 Å². The molecule has 6 heavy (non-hydrogen) atoms. The molecule has 0 amide bonds. The van der Waals surface area contributed by atoms with E-state index in [-0.39, 0.29) is 0 Å². The fraction of sp³-hybridized carbons (Fsp3) is 0.250. The Hall–Kier alpha value is -0.880. The molecule has 0 heterocycles. The second kappa shape index (κ2) is 4.12. The maximum Gasteiger partial charge on any atom is 0.261 e. The van der Waals surface area contributed by atoms with Gasteiger partial charge in [0.2, 0.25) is 0 Å². The van der Waals surface area contributed by atoms with Gasteiger partial charge in [0.1, 0.15) is 0 Å². The third-order valence-corrected chi connectivity index (χ3v) is 0.354. The lowest BCUT2D eigenvalue weighted by atomic mass is 10.5. The van der Waals surface area contributed by atoms with Gasteiger partial charge < -0.3 is 5.53 Å². The molecule has 0 fully saturated rings. The summed E-state index contributed by atoms with van der Waals surface area (Å²) in [6.07, 6.45) is 3.66. The highest BCUT2D eigenvalue weighted by molar-refractivity contribution is 5.52. The van der Waals surface area contributed by atoms with Gasteiger partial charge >= 0.3 is 0 Å². The molecule has 0 aromatic carbocycles. The van der Waals surface area contributed by atoms with Crippen LogP contribution in [0, 0.1) is 0 Å². The van der Waals surface area contributed by atoms with Gasteiger partial charge in [0.05, 0.1) is 6.42 Å². The lowest BCUT2D eigenvalue weighted by Crippen LogP contribution is -1.64. The normalized spacial score (nSPS) is 6.00. The van der Waals surface area contributed by atoms with Crippen LogP contribution in [0.5, 0.6) is 0 Å². The minimum atomic E-state index is 0.635. The van der Waals surface area contributed by atoms with Crippen LogP contribution in [0.15, 0.2) is 12.7 Å². The van der Waals surface area contributed by atoms with E-state index < -0.39 is 0 Å². The summed E-state index contributed by atoms with van der Waals surface area (Å²) in [5.74, 6) is 0. The van der Waals surface area contributed by atoms with Crippen molar-refractivity contribution >= 4 is 6.21 Å². The second-order valence-electron chi connectivity index (χ2n) is 0.822. The zero-order valence-electron chi connectivity index (χ0n) is 3.46. The Morgan fingerprint density at radius 3 is 2.67 bits per heavy atom. The van der Waals surface area contributed by atoms with Crippen LogP contribution >= 0.6 is 0 Å². The average molecular weight is 82.1 g/mol. The van der Waals surface area contributed by atoms with Crippen molar-refractivity contribution in [3.8, 4) is 0 Å². The van der Waals surface area contributed by atoms with Crippen LogP contribution in [-0.4, -0.2) is 11.0 Å². The first kappa shape index (κ1) is 5.12. The Morgan fingerprint density at radius 1 is 1.83 bits per heavy atom. The van der Waals surface area contributed by atoms with Gasteiger partial charge in [-0.2, -0.15) is 4.79 Å². The van der Waals surface area contributed by atoms with Gasteiger partial charge in [-0.15, -0.1) is 6.58 Å². The van der Waals surface area contributed by atoms with Gasteiger partial charge in [0.15, 0.2) is 0 Å². The molecule has 0 spiro atoms. The van der Waals surface area contributed by atoms with E-state index in [4.69, 9.17) is 5.53 Å². The lowest BCUT2D eigenvalue weighted by molar-refractivity contribution is 0.00177. The first-order valence-corrected chi connectivity index (χ1v) is 1.68. The van der Waals surface area contributed by atoms with E-state index >= 15 is 0 Å². The Balaban J connectivity index is 3.07. The van der Waals surface area contributed by atoms with Crippen LogP contribution in [0.4, 0.5) is 0 Å². The smallest absolute Gasteiger partial charge is 0.261 e. The average Bonchev–Trinajstić information content (AvgIpc) is 1.61. The Morgan fingerprint density at radius 2 is 2.50 bits per heavy atom. The van der Waals surface area contributed by atoms with Crippen molar-refractivity contribution in [1.82, 2.24) is 0 Å². The quantitative estimate of drug-likeness (QED) is 0.205. The second-order valence-corrected chi connectivity index (χ2v) is 0.822. The molecule has 0 unspecified atom stereocenters.